The molecule has 0 saturated carbocycles. The first-order chi connectivity index (χ1) is 7.17. The normalized spacial score (nSPS) is 15.6. The van der Waals surface area contributed by atoms with E-state index in [9.17, 15) is 0 Å². The van der Waals surface area contributed by atoms with Gasteiger partial charge in [0.2, 0.25) is 0 Å². The molecule has 0 amide bonds. The van der Waals surface area contributed by atoms with Crippen LogP contribution in [0, 0.1) is 17.8 Å². The van der Waals surface area contributed by atoms with E-state index in [1.165, 1.54) is 44.9 Å². The quantitative estimate of drug-likeness (QED) is 0.432. The average molecular weight is 212 g/mol. The first-order valence-corrected chi connectivity index (χ1v) is 7.17. The van der Waals surface area contributed by atoms with Crippen molar-refractivity contribution in [1.82, 2.24) is 0 Å². The number of unbranched alkanes of at least 4 members (excludes halogenated alkanes) is 2. The van der Waals surface area contributed by atoms with Crippen molar-refractivity contribution in [1.29, 1.82) is 0 Å². The van der Waals surface area contributed by atoms with Gasteiger partial charge in [0.15, 0.2) is 0 Å². The molecule has 15 heavy (non-hydrogen) atoms. The molecule has 0 rings (SSSR count). The van der Waals surface area contributed by atoms with Gasteiger partial charge >= 0.3 is 0 Å². The second kappa shape index (κ2) is 9.24. The van der Waals surface area contributed by atoms with Crippen LogP contribution in [0.15, 0.2) is 0 Å². The molecule has 2 unspecified atom stereocenters. The first-order valence-electron chi connectivity index (χ1n) is 7.17. The lowest BCUT2D eigenvalue weighted by Gasteiger charge is -2.29. The molecule has 0 spiro atoms. The van der Waals surface area contributed by atoms with E-state index in [0.717, 1.165) is 17.8 Å². The van der Waals surface area contributed by atoms with E-state index in [2.05, 4.69) is 34.6 Å². The molecule has 0 aromatic rings. The largest absolute Gasteiger partial charge is 0.0654 e. The molecule has 0 N–H and O–H groups in total. The first kappa shape index (κ1) is 15.0. The topological polar surface area (TPSA) is 0 Å². The Morgan fingerprint density at radius 2 is 1.47 bits per heavy atom. The fraction of sp³-hybridized carbons (Fsp3) is 1.00. The number of hydrogen-bond donors (Lipinski definition) is 0. The van der Waals surface area contributed by atoms with Crippen LogP contribution < -0.4 is 0 Å². The Kier molecular flexibility index (Phi) is 9.24. The van der Waals surface area contributed by atoms with Crippen LogP contribution in [0.25, 0.3) is 0 Å². The summed E-state index contributed by atoms with van der Waals surface area (Å²) >= 11 is 0. The molecule has 0 aromatic carbocycles. The van der Waals surface area contributed by atoms with E-state index in [-0.39, 0.29) is 0 Å². The lowest BCUT2D eigenvalue weighted by Crippen LogP contribution is -2.19. The molecule has 0 aliphatic heterocycles. The van der Waals surface area contributed by atoms with Crippen molar-refractivity contribution in [3.05, 3.63) is 0 Å². The van der Waals surface area contributed by atoms with Gasteiger partial charge < -0.3 is 0 Å². The monoisotopic (exact) mass is 212 g/mol. The second-order valence-corrected chi connectivity index (χ2v) is 5.36. The van der Waals surface area contributed by atoms with Crippen molar-refractivity contribution in [2.45, 2.75) is 79.6 Å². The van der Waals surface area contributed by atoms with Gasteiger partial charge in [-0.05, 0) is 17.8 Å². The van der Waals surface area contributed by atoms with E-state index in [1.807, 2.05) is 0 Å². The summed E-state index contributed by atoms with van der Waals surface area (Å²) in [7, 11) is 0. The van der Waals surface area contributed by atoms with Crippen molar-refractivity contribution >= 4 is 0 Å². The van der Waals surface area contributed by atoms with Crippen LogP contribution in [-0.2, 0) is 0 Å². The SMILES string of the molecule is CCCCCC(CCC)C(CC)C(C)C. The summed E-state index contributed by atoms with van der Waals surface area (Å²) in [6.45, 7) is 11.8. The van der Waals surface area contributed by atoms with Crippen molar-refractivity contribution < 1.29 is 0 Å². The molecule has 0 heteroatoms. The molecule has 92 valence electrons. The third-order valence-electron chi connectivity index (χ3n) is 3.77. The maximum Gasteiger partial charge on any atom is -0.0365 e. The Labute approximate surface area is 97.8 Å². The molecule has 0 fully saturated rings. The Balaban J connectivity index is 4.08. The van der Waals surface area contributed by atoms with Gasteiger partial charge in [0.05, 0.1) is 0 Å². The Hall–Kier alpha value is 0. The summed E-state index contributed by atoms with van der Waals surface area (Å²) in [5.74, 6) is 2.82. The molecule has 0 saturated heterocycles. The van der Waals surface area contributed by atoms with Crippen molar-refractivity contribution in [2.75, 3.05) is 0 Å². The van der Waals surface area contributed by atoms with Gasteiger partial charge in [-0.25, -0.2) is 0 Å². The third-order valence-corrected chi connectivity index (χ3v) is 3.77. The summed E-state index contributed by atoms with van der Waals surface area (Å²) in [5.41, 5.74) is 0. The van der Waals surface area contributed by atoms with Crippen LogP contribution in [0.5, 0.6) is 0 Å². The highest BCUT2D eigenvalue weighted by Gasteiger charge is 2.21. The van der Waals surface area contributed by atoms with Crippen LogP contribution in [-0.4, -0.2) is 0 Å². The summed E-state index contributed by atoms with van der Waals surface area (Å²) in [6.07, 6.45) is 9.88. The predicted octanol–water partition coefficient (Wildman–Crippen LogP) is 5.67. The number of hydrogen-bond acceptors (Lipinski definition) is 0. The summed E-state index contributed by atoms with van der Waals surface area (Å²) in [4.78, 5) is 0. The Morgan fingerprint density at radius 1 is 0.800 bits per heavy atom. The van der Waals surface area contributed by atoms with Crippen LogP contribution >= 0.6 is 0 Å². The maximum absolute atomic E-state index is 2.40. The van der Waals surface area contributed by atoms with Gasteiger partial charge in [-0.2, -0.15) is 0 Å². The molecular weight excluding hydrogens is 180 g/mol. The smallest absolute Gasteiger partial charge is 0.0365 e. The minimum Gasteiger partial charge on any atom is -0.0654 e. The van der Waals surface area contributed by atoms with E-state index in [4.69, 9.17) is 0 Å². The molecule has 0 nitrogen and oxygen atoms in total. The molecule has 0 aliphatic rings. The van der Waals surface area contributed by atoms with Crippen molar-refractivity contribution in [3.63, 3.8) is 0 Å². The van der Waals surface area contributed by atoms with E-state index in [1.54, 1.807) is 0 Å². The summed E-state index contributed by atoms with van der Waals surface area (Å²) in [6, 6.07) is 0. The zero-order valence-corrected chi connectivity index (χ0v) is 11.7. The zero-order chi connectivity index (χ0) is 11.7. The lowest BCUT2D eigenvalue weighted by atomic mass is 9.77. The Morgan fingerprint density at radius 3 is 1.87 bits per heavy atom. The van der Waals surface area contributed by atoms with Gasteiger partial charge in [-0.3, -0.25) is 0 Å². The average Bonchev–Trinajstić information content (AvgIpc) is 2.18. The summed E-state index contributed by atoms with van der Waals surface area (Å²) < 4.78 is 0. The van der Waals surface area contributed by atoms with E-state index < -0.39 is 0 Å². The van der Waals surface area contributed by atoms with Crippen LogP contribution in [0.4, 0.5) is 0 Å². The molecule has 0 bridgehead atoms. The van der Waals surface area contributed by atoms with Gasteiger partial charge in [0.25, 0.3) is 0 Å². The van der Waals surface area contributed by atoms with Crippen LogP contribution in [0.3, 0.4) is 0 Å². The van der Waals surface area contributed by atoms with E-state index >= 15 is 0 Å². The third kappa shape index (κ3) is 6.22. The zero-order valence-electron chi connectivity index (χ0n) is 11.7. The highest BCUT2D eigenvalue weighted by atomic mass is 14.3. The lowest BCUT2D eigenvalue weighted by molar-refractivity contribution is 0.214. The highest BCUT2D eigenvalue weighted by Crippen LogP contribution is 2.31. The highest BCUT2D eigenvalue weighted by molar-refractivity contribution is 4.72. The van der Waals surface area contributed by atoms with Gasteiger partial charge in [0.1, 0.15) is 0 Å². The van der Waals surface area contributed by atoms with Gasteiger partial charge in [0, 0.05) is 0 Å². The standard InChI is InChI=1S/C15H32/c1-6-9-10-12-14(11-7-2)15(8-3)13(4)5/h13-15H,6-12H2,1-5H3. The van der Waals surface area contributed by atoms with E-state index in [0.29, 0.717) is 0 Å². The van der Waals surface area contributed by atoms with Crippen LogP contribution in [0.1, 0.15) is 79.6 Å². The molecule has 2 atom stereocenters. The minimum absolute atomic E-state index is 0.869. The molecule has 0 aliphatic carbocycles. The second-order valence-electron chi connectivity index (χ2n) is 5.36. The Bertz CT molecular complexity index is 126. The molecular formula is C15H32. The van der Waals surface area contributed by atoms with Crippen LogP contribution in [0.2, 0.25) is 0 Å². The maximum atomic E-state index is 2.40. The summed E-state index contributed by atoms with van der Waals surface area (Å²) in [5, 5.41) is 0. The molecule has 0 heterocycles. The fourth-order valence-corrected chi connectivity index (χ4v) is 2.95. The predicted molar refractivity (Wildman–Crippen MR) is 71.2 cm³/mol. The van der Waals surface area contributed by atoms with Gasteiger partial charge in [-0.1, -0.05) is 79.6 Å². The van der Waals surface area contributed by atoms with Gasteiger partial charge in [-0.15, -0.1) is 0 Å². The van der Waals surface area contributed by atoms with Crippen molar-refractivity contribution in [2.24, 2.45) is 17.8 Å². The number of rotatable bonds is 9. The minimum atomic E-state index is 0.869. The molecule has 0 radical (unpaired) electrons. The molecule has 0 aromatic heterocycles. The fourth-order valence-electron chi connectivity index (χ4n) is 2.95. The van der Waals surface area contributed by atoms with Crippen molar-refractivity contribution in [3.8, 4) is 0 Å².